The number of aromatic nitrogens is 4. The van der Waals surface area contributed by atoms with Crippen molar-refractivity contribution in [2.75, 3.05) is 5.73 Å². The van der Waals surface area contributed by atoms with Crippen LogP contribution in [0.5, 0.6) is 0 Å². The summed E-state index contributed by atoms with van der Waals surface area (Å²) in [7, 11) is 0. The molecule has 0 bridgehead atoms. The van der Waals surface area contributed by atoms with Crippen molar-refractivity contribution in [3.05, 3.63) is 40.7 Å². The molecule has 22 heavy (non-hydrogen) atoms. The SMILES string of the molecule is Cc1nn2c(N)c(C#N)nnc2c1N=Nc1ccccc1Cl. The molecule has 0 spiro atoms. The maximum absolute atomic E-state index is 8.91. The molecule has 0 atom stereocenters. The number of azo groups is 1. The summed E-state index contributed by atoms with van der Waals surface area (Å²) in [6.45, 7) is 1.74. The van der Waals surface area contributed by atoms with Crippen LogP contribution in [0.4, 0.5) is 17.2 Å². The zero-order valence-electron chi connectivity index (χ0n) is 11.4. The highest BCUT2D eigenvalue weighted by Gasteiger charge is 2.15. The predicted molar refractivity (Wildman–Crippen MR) is 80.3 cm³/mol. The largest absolute Gasteiger partial charge is 0.381 e. The van der Waals surface area contributed by atoms with Crippen molar-refractivity contribution < 1.29 is 0 Å². The Balaban J connectivity index is 2.13. The summed E-state index contributed by atoms with van der Waals surface area (Å²) >= 11 is 6.03. The quantitative estimate of drug-likeness (QED) is 0.730. The number of fused-ring (bicyclic) bond motifs is 1. The maximum atomic E-state index is 8.91. The van der Waals surface area contributed by atoms with E-state index >= 15 is 0 Å². The van der Waals surface area contributed by atoms with E-state index in [9.17, 15) is 0 Å². The van der Waals surface area contributed by atoms with Crippen LogP contribution in [-0.4, -0.2) is 19.8 Å². The Morgan fingerprint density at radius 3 is 2.77 bits per heavy atom. The van der Waals surface area contributed by atoms with Crippen molar-refractivity contribution >= 4 is 34.4 Å². The van der Waals surface area contributed by atoms with E-state index in [2.05, 4.69) is 25.5 Å². The van der Waals surface area contributed by atoms with E-state index in [1.54, 1.807) is 31.2 Å². The average molecular weight is 313 g/mol. The van der Waals surface area contributed by atoms with Crippen LogP contribution in [0.3, 0.4) is 0 Å². The third-order valence-electron chi connectivity index (χ3n) is 2.94. The van der Waals surface area contributed by atoms with Crippen molar-refractivity contribution in [3.8, 4) is 6.07 Å². The minimum atomic E-state index is 0.00425. The number of nitrogen functional groups attached to an aromatic ring is 1. The predicted octanol–water partition coefficient (Wildman–Crippen LogP) is 2.96. The molecule has 0 fully saturated rings. The molecule has 2 heterocycles. The first-order valence-corrected chi connectivity index (χ1v) is 6.57. The zero-order valence-corrected chi connectivity index (χ0v) is 12.2. The number of hydrogen-bond donors (Lipinski definition) is 1. The maximum Gasteiger partial charge on any atom is 0.207 e. The number of nitrogens with zero attached hydrogens (tertiary/aromatic N) is 7. The Hall–Kier alpha value is -3.05. The van der Waals surface area contributed by atoms with Gasteiger partial charge in [0.2, 0.25) is 11.3 Å². The fraction of sp³-hybridized carbons (Fsp3) is 0.0769. The van der Waals surface area contributed by atoms with E-state index in [1.165, 1.54) is 4.52 Å². The van der Waals surface area contributed by atoms with Crippen molar-refractivity contribution in [2.24, 2.45) is 10.2 Å². The van der Waals surface area contributed by atoms with Crippen LogP contribution in [-0.2, 0) is 0 Å². The molecule has 3 aromatic rings. The fourth-order valence-corrected chi connectivity index (χ4v) is 2.02. The highest BCUT2D eigenvalue weighted by molar-refractivity contribution is 6.32. The average Bonchev–Trinajstić information content (AvgIpc) is 2.84. The highest BCUT2D eigenvalue weighted by Crippen LogP contribution is 2.29. The van der Waals surface area contributed by atoms with Gasteiger partial charge in [0.05, 0.1) is 10.7 Å². The van der Waals surface area contributed by atoms with Gasteiger partial charge in [-0.05, 0) is 19.1 Å². The molecule has 0 unspecified atom stereocenters. The Morgan fingerprint density at radius 2 is 2.05 bits per heavy atom. The normalized spacial score (nSPS) is 11.1. The van der Waals surface area contributed by atoms with Crippen LogP contribution in [0.25, 0.3) is 5.65 Å². The number of aryl methyl sites for hydroxylation is 1. The molecule has 108 valence electrons. The van der Waals surface area contributed by atoms with E-state index in [0.717, 1.165) is 0 Å². The van der Waals surface area contributed by atoms with Crippen molar-refractivity contribution in [1.82, 2.24) is 19.8 Å². The lowest BCUT2D eigenvalue weighted by Crippen LogP contribution is -2.05. The van der Waals surface area contributed by atoms with E-state index in [4.69, 9.17) is 22.6 Å². The molecule has 0 aliphatic carbocycles. The van der Waals surface area contributed by atoms with Gasteiger partial charge < -0.3 is 5.73 Å². The Labute approximate surface area is 129 Å². The number of benzene rings is 1. The molecule has 0 amide bonds. The van der Waals surface area contributed by atoms with Crippen LogP contribution >= 0.6 is 11.6 Å². The van der Waals surface area contributed by atoms with Gasteiger partial charge in [-0.25, -0.2) is 0 Å². The zero-order chi connectivity index (χ0) is 15.7. The fourth-order valence-electron chi connectivity index (χ4n) is 1.85. The van der Waals surface area contributed by atoms with Gasteiger partial charge in [0.15, 0.2) is 11.5 Å². The minimum absolute atomic E-state index is 0.00425. The molecule has 2 aromatic heterocycles. The monoisotopic (exact) mass is 312 g/mol. The van der Waals surface area contributed by atoms with E-state index in [1.807, 2.05) is 6.07 Å². The summed E-state index contributed by atoms with van der Waals surface area (Å²) in [4.78, 5) is 0. The molecular weight excluding hydrogens is 304 g/mol. The van der Waals surface area contributed by atoms with Gasteiger partial charge in [0, 0.05) is 0 Å². The standard InChI is InChI=1S/C13H9ClN8/c1-7-11(19-17-9-5-3-2-4-8(9)14)13-20-18-10(6-15)12(16)22(13)21-7/h2-5H,16H2,1H3. The molecule has 8 nitrogen and oxygen atoms in total. The molecule has 0 aliphatic rings. The summed E-state index contributed by atoms with van der Waals surface area (Å²) in [5.74, 6) is 0.106. The summed E-state index contributed by atoms with van der Waals surface area (Å²) in [6, 6.07) is 8.91. The van der Waals surface area contributed by atoms with Crippen LogP contribution in [0.1, 0.15) is 11.4 Å². The number of nitriles is 1. The summed E-state index contributed by atoms with van der Waals surface area (Å²) in [5, 5.41) is 29.5. The van der Waals surface area contributed by atoms with Gasteiger partial charge in [-0.3, -0.25) is 0 Å². The van der Waals surface area contributed by atoms with Crippen LogP contribution in [0.15, 0.2) is 34.5 Å². The minimum Gasteiger partial charge on any atom is -0.381 e. The first-order chi connectivity index (χ1) is 10.6. The lowest BCUT2D eigenvalue weighted by Gasteiger charge is -1.98. The number of hydrogen-bond acceptors (Lipinski definition) is 7. The molecule has 0 saturated carbocycles. The first kappa shape index (κ1) is 13.9. The number of nitrogens with two attached hydrogens (primary N) is 1. The van der Waals surface area contributed by atoms with Gasteiger partial charge >= 0.3 is 0 Å². The van der Waals surface area contributed by atoms with E-state index in [0.29, 0.717) is 27.7 Å². The second-order valence-electron chi connectivity index (χ2n) is 4.37. The smallest absolute Gasteiger partial charge is 0.207 e. The third-order valence-corrected chi connectivity index (χ3v) is 3.26. The first-order valence-electron chi connectivity index (χ1n) is 6.19. The van der Waals surface area contributed by atoms with Gasteiger partial charge in [0.1, 0.15) is 11.8 Å². The van der Waals surface area contributed by atoms with Crippen molar-refractivity contribution in [2.45, 2.75) is 6.92 Å². The number of anilines is 1. The van der Waals surface area contributed by atoms with Gasteiger partial charge in [-0.1, -0.05) is 23.7 Å². The number of rotatable bonds is 2. The van der Waals surface area contributed by atoms with Gasteiger partial charge in [-0.15, -0.1) is 20.4 Å². The molecule has 9 heteroatoms. The van der Waals surface area contributed by atoms with Crippen molar-refractivity contribution in [3.63, 3.8) is 0 Å². The second kappa shape index (κ2) is 5.38. The highest BCUT2D eigenvalue weighted by atomic mass is 35.5. The van der Waals surface area contributed by atoms with Crippen LogP contribution in [0.2, 0.25) is 5.02 Å². The Morgan fingerprint density at radius 1 is 1.27 bits per heavy atom. The molecule has 0 saturated heterocycles. The number of halogens is 1. The van der Waals surface area contributed by atoms with E-state index in [-0.39, 0.29) is 11.5 Å². The van der Waals surface area contributed by atoms with Crippen molar-refractivity contribution in [1.29, 1.82) is 5.26 Å². The molecule has 3 rings (SSSR count). The topological polar surface area (TPSA) is 118 Å². The third kappa shape index (κ3) is 2.23. The molecule has 2 N–H and O–H groups in total. The van der Waals surface area contributed by atoms with Crippen LogP contribution < -0.4 is 5.73 Å². The Bertz CT molecular complexity index is 937. The lowest BCUT2D eigenvalue weighted by molar-refractivity contribution is 0.879. The molecular formula is C13H9ClN8. The van der Waals surface area contributed by atoms with E-state index < -0.39 is 0 Å². The molecule has 0 radical (unpaired) electrons. The van der Waals surface area contributed by atoms with Crippen LogP contribution in [0, 0.1) is 18.3 Å². The van der Waals surface area contributed by atoms with Gasteiger partial charge in [0.25, 0.3) is 0 Å². The summed E-state index contributed by atoms with van der Waals surface area (Å²) in [6.07, 6.45) is 0. The second-order valence-corrected chi connectivity index (χ2v) is 4.77. The Kier molecular flexibility index (Phi) is 3.40. The molecule has 0 aliphatic heterocycles. The van der Waals surface area contributed by atoms with Gasteiger partial charge in [-0.2, -0.15) is 14.9 Å². The lowest BCUT2D eigenvalue weighted by atomic mass is 10.3. The summed E-state index contributed by atoms with van der Waals surface area (Å²) in [5.41, 5.74) is 7.66. The molecule has 1 aromatic carbocycles. The summed E-state index contributed by atoms with van der Waals surface area (Å²) < 4.78 is 1.32.